The van der Waals surface area contributed by atoms with E-state index in [2.05, 4.69) is 9.97 Å². The van der Waals surface area contributed by atoms with Gasteiger partial charge in [-0.2, -0.15) is 0 Å². The van der Waals surface area contributed by atoms with Crippen molar-refractivity contribution in [2.75, 3.05) is 6.61 Å². The fourth-order valence-electron chi connectivity index (χ4n) is 2.45. The van der Waals surface area contributed by atoms with Crippen LogP contribution in [0, 0.1) is 0 Å². The number of hydrogen-bond donors (Lipinski definition) is 0. The van der Waals surface area contributed by atoms with Gasteiger partial charge in [-0.05, 0) is 37.5 Å². The Morgan fingerprint density at radius 1 is 1.26 bits per heavy atom. The van der Waals surface area contributed by atoms with Crippen molar-refractivity contribution in [3.63, 3.8) is 0 Å². The lowest BCUT2D eigenvalue weighted by Gasteiger charge is -2.08. The van der Waals surface area contributed by atoms with E-state index in [4.69, 9.17) is 4.74 Å². The molecule has 1 aromatic heterocycles. The van der Waals surface area contributed by atoms with Gasteiger partial charge in [0.25, 0.3) is 0 Å². The molecular weight excluding hydrogens is 240 g/mol. The third-order valence-electron chi connectivity index (χ3n) is 3.51. The summed E-state index contributed by atoms with van der Waals surface area (Å²) in [5.74, 6) is 0.156. The smallest absolute Gasteiger partial charge is 0.163 e. The second kappa shape index (κ2) is 5.45. The minimum absolute atomic E-state index is 0.156. The van der Waals surface area contributed by atoms with Crippen molar-refractivity contribution >= 4 is 16.8 Å². The third kappa shape index (κ3) is 2.79. The molecule has 4 nitrogen and oxygen atoms in total. The summed E-state index contributed by atoms with van der Waals surface area (Å²) in [6.07, 6.45) is 7.11. The molecule has 0 radical (unpaired) electrons. The molecule has 1 fully saturated rings. The van der Waals surface area contributed by atoms with Crippen LogP contribution in [0.15, 0.2) is 30.6 Å². The maximum Gasteiger partial charge on any atom is 0.163 e. The van der Waals surface area contributed by atoms with Gasteiger partial charge in [-0.3, -0.25) is 14.8 Å². The summed E-state index contributed by atoms with van der Waals surface area (Å²) in [5.41, 5.74) is 2.30. The predicted molar refractivity (Wildman–Crippen MR) is 72.1 cm³/mol. The lowest BCUT2D eigenvalue weighted by atomic mass is 10.0. The van der Waals surface area contributed by atoms with Gasteiger partial charge >= 0.3 is 0 Å². The largest absolute Gasteiger partial charge is 0.378 e. The number of carbonyl (C=O) groups excluding carboxylic acids is 1. The summed E-state index contributed by atoms with van der Waals surface area (Å²) in [5, 5.41) is 0. The summed E-state index contributed by atoms with van der Waals surface area (Å²) >= 11 is 0. The van der Waals surface area contributed by atoms with Crippen LogP contribution in [-0.2, 0) is 4.74 Å². The first-order chi connectivity index (χ1) is 9.33. The number of aromatic nitrogens is 2. The Morgan fingerprint density at radius 2 is 2.11 bits per heavy atom. The standard InChI is InChI=1S/C15H16N2O2/c18-15(6-4-12-2-1-9-19-12)11-3-5-13-14(10-11)17-8-7-16-13/h3,5,7-8,10,12H,1-2,4,6,9H2. The summed E-state index contributed by atoms with van der Waals surface area (Å²) in [7, 11) is 0. The SMILES string of the molecule is O=C(CCC1CCCO1)c1ccc2nccnc2c1. The summed E-state index contributed by atoms with van der Waals surface area (Å²) in [6, 6.07) is 5.50. The van der Waals surface area contributed by atoms with Crippen LogP contribution in [-0.4, -0.2) is 28.5 Å². The zero-order valence-electron chi connectivity index (χ0n) is 10.7. The van der Waals surface area contributed by atoms with Crippen LogP contribution in [0.25, 0.3) is 11.0 Å². The van der Waals surface area contributed by atoms with E-state index in [1.807, 2.05) is 18.2 Å². The number of ketones is 1. The summed E-state index contributed by atoms with van der Waals surface area (Å²) in [6.45, 7) is 0.838. The minimum Gasteiger partial charge on any atom is -0.378 e. The zero-order chi connectivity index (χ0) is 13.1. The van der Waals surface area contributed by atoms with E-state index in [0.717, 1.165) is 36.9 Å². The van der Waals surface area contributed by atoms with Crippen molar-refractivity contribution in [3.8, 4) is 0 Å². The number of fused-ring (bicyclic) bond motifs is 1. The summed E-state index contributed by atoms with van der Waals surface area (Å²) in [4.78, 5) is 20.6. The first kappa shape index (κ1) is 12.2. The van der Waals surface area contributed by atoms with Gasteiger partial charge in [0.2, 0.25) is 0 Å². The highest BCUT2D eigenvalue weighted by Crippen LogP contribution is 2.19. The van der Waals surface area contributed by atoms with Gasteiger partial charge in [0.1, 0.15) is 0 Å². The van der Waals surface area contributed by atoms with Gasteiger partial charge in [-0.1, -0.05) is 0 Å². The minimum atomic E-state index is 0.156. The molecular formula is C15H16N2O2. The van der Waals surface area contributed by atoms with E-state index in [0.29, 0.717) is 12.0 Å². The van der Waals surface area contributed by atoms with Gasteiger partial charge < -0.3 is 4.74 Å². The topological polar surface area (TPSA) is 52.1 Å². The number of Topliss-reactive ketones (excluding diaryl/α,β-unsaturated/α-hetero) is 1. The zero-order valence-corrected chi connectivity index (χ0v) is 10.7. The van der Waals surface area contributed by atoms with Gasteiger partial charge in [0.05, 0.1) is 17.1 Å². The van der Waals surface area contributed by atoms with E-state index in [1.54, 1.807) is 12.4 Å². The van der Waals surface area contributed by atoms with Crippen molar-refractivity contribution in [3.05, 3.63) is 36.2 Å². The third-order valence-corrected chi connectivity index (χ3v) is 3.51. The van der Waals surface area contributed by atoms with Gasteiger partial charge in [0.15, 0.2) is 5.78 Å². The Morgan fingerprint density at radius 3 is 2.89 bits per heavy atom. The lowest BCUT2D eigenvalue weighted by Crippen LogP contribution is -2.08. The van der Waals surface area contributed by atoms with Crippen LogP contribution >= 0.6 is 0 Å². The van der Waals surface area contributed by atoms with Gasteiger partial charge in [-0.25, -0.2) is 0 Å². The molecule has 0 N–H and O–H groups in total. The number of rotatable bonds is 4. The highest BCUT2D eigenvalue weighted by Gasteiger charge is 2.17. The number of nitrogens with zero attached hydrogens (tertiary/aromatic N) is 2. The quantitative estimate of drug-likeness (QED) is 0.789. The molecule has 3 rings (SSSR count). The number of benzene rings is 1. The van der Waals surface area contributed by atoms with Gasteiger partial charge in [-0.15, -0.1) is 0 Å². The Labute approximate surface area is 111 Å². The molecule has 19 heavy (non-hydrogen) atoms. The molecule has 2 aromatic rings. The Balaban J connectivity index is 1.70. The molecule has 0 amide bonds. The van der Waals surface area contributed by atoms with Crippen molar-refractivity contribution in [1.82, 2.24) is 9.97 Å². The highest BCUT2D eigenvalue weighted by molar-refractivity contribution is 5.98. The van der Waals surface area contributed by atoms with Crippen molar-refractivity contribution < 1.29 is 9.53 Å². The first-order valence-corrected chi connectivity index (χ1v) is 6.68. The second-order valence-electron chi connectivity index (χ2n) is 4.86. The molecule has 98 valence electrons. The van der Waals surface area contributed by atoms with Crippen LogP contribution in [0.5, 0.6) is 0 Å². The maximum atomic E-state index is 12.1. The van der Waals surface area contributed by atoms with E-state index in [9.17, 15) is 4.79 Å². The molecule has 1 aromatic carbocycles. The fraction of sp³-hybridized carbons (Fsp3) is 0.400. The Hall–Kier alpha value is -1.81. The lowest BCUT2D eigenvalue weighted by molar-refractivity contribution is 0.0859. The van der Waals surface area contributed by atoms with E-state index in [1.165, 1.54) is 0 Å². The van der Waals surface area contributed by atoms with Crippen LogP contribution in [0.3, 0.4) is 0 Å². The first-order valence-electron chi connectivity index (χ1n) is 6.68. The molecule has 0 aliphatic carbocycles. The van der Waals surface area contributed by atoms with Crippen LogP contribution in [0.4, 0.5) is 0 Å². The molecule has 1 unspecified atom stereocenters. The van der Waals surface area contributed by atoms with Crippen molar-refractivity contribution in [2.24, 2.45) is 0 Å². The Kier molecular flexibility index (Phi) is 3.51. The predicted octanol–water partition coefficient (Wildman–Crippen LogP) is 2.77. The van der Waals surface area contributed by atoms with Crippen molar-refractivity contribution in [1.29, 1.82) is 0 Å². The van der Waals surface area contributed by atoms with Gasteiger partial charge in [0, 0.05) is 31.0 Å². The normalized spacial score (nSPS) is 18.8. The molecule has 1 aliphatic rings. The average molecular weight is 256 g/mol. The summed E-state index contributed by atoms with van der Waals surface area (Å²) < 4.78 is 5.53. The molecule has 1 atom stereocenters. The highest BCUT2D eigenvalue weighted by atomic mass is 16.5. The molecule has 4 heteroatoms. The van der Waals surface area contributed by atoms with Crippen LogP contribution in [0.1, 0.15) is 36.0 Å². The number of carbonyl (C=O) groups is 1. The fourth-order valence-corrected chi connectivity index (χ4v) is 2.45. The van der Waals surface area contributed by atoms with E-state index >= 15 is 0 Å². The monoisotopic (exact) mass is 256 g/mol. The maximum absolute atomic E-state index is 12.1. The molecule has 0 saturated carbocycles. The Bertz CT molecular complexity index is 591. The molecule has 1 aliphatic heterocycles. The van der Waals surface area contributed by atoms with Crippen LogP contribution in [0.2, 0.25) is 0 Å². The number of ether oxygens (including phenoxy) is 1. The second-order valence-corrected chi connectivity index (χ2v) is 4.86. The van der Waals surface area contributed by atoms with E-state index in [-0.39, 0.29) is 11.9 Å². The van der Waals surface area contributed by atoms with Crippen molar-refractivity contribution in [2.45, 2.75) is 31.8 Å². The molecule has 0 bridgehead atoms. The van der Waals surface area contributed by atoms with E-state index < -0.39 is 0 Å². The van der Waals surface area contributed by atoms with Crippen LogP contribution < -0.4 is 0 Å². The molecule has 2 heterocycles. The molecule has 1 saturated heterocycles. The molecule has 0 spiro atoms. The average Bonchev–Trinajstić information content (AvgIpc) is 2.97. The number of hydrogen-bond acceptors (Lipinski definition) is 4.